The van der Waals surface area contributed by atoms with Gasteiger partial charge in [0.15, 0.2) is 0 Å². The van der Waals surface area contributed by atoms with E-state index in [4.69, 9.17) is 0 Å². The van der Waals surface area contributed by atoms with Gasteiger partial charge in [-0.3, -0.25) is 19.8 Å². The Kier molecular flexibility index (Phi) is 3.22. The van der Waals surface area contributed by atoms with Gasteiger partial charge in [0.1, 0.15) is 9.84 Å². The van der Waals surface area contributed by atoms with Gasteiger partial charge in [-0.25, -0.2) is 8.42 Å². The number of nitrogens with one attached hydrogen (secondary N) is 1. The highest BCUT2D eigenvalue weighted by molar-refractivity contribution is 7.90. The van der Waals surface area contributed by atoms with E-state index in [0.717, 1.165) is 11.2 Å². The molecule has 0 aromatic carbocycles. The van der Waals surface area contributed by atoms with E-state index in [0.29, 0.717) is 0 Å². The van der Waals surface area contributed by atoms with E-state index in [1.807, 2.05) is 0 Å². The molecule has 0 bridgehead atoms. The van der Waals surface area contributed by atoms with Crippen molar-refractivity contribution >= 4 is 21.7 Å². The lowest BCUT2D eigenvalue weighted by Gasteiger charge is -2.24. The van der Waals surface area contributed by atoms with Gasteiger partial charge in [0.2, 0.25) is 11.8 Å². The minimum atomic E-state index is -3.14. The lowest BCUT2D eigenvalue weighted by molar-refractivity contribution is -0.146. The van der Waals surface area contributed by atoms with Crippen molar-refractivity contribution in [2.75, 3.05) is 31.6 Å². The Balaban J connectivity index is 2.57. The molecule has 1 rings (SSSR count). The number of rotatable bonds is 3. The summed E-state index contributed by atoms with van der Waals surface area (Å²) in [7, 11) is -3.14. The van der Waals surface area contributed by atoms with Crippen molar-refractivity contribution in [2.45, 2.75) is 0 Å². The first-order valence-electron chi connectivity index (χ1n) is 4.12. The van der Waals surface area contributed by atoms with Gasteiger partial charge in [-0.1, -0.05) is 0 Å². The van der Waals surface area contributed by atoms with Gasteiger partial charge in [0.25, 0.3) is 0 Å². The minimum Gasteiger partial charge on any atom is -0.300 e. The van der Waals surface area contributed by atoms with Crippen LogP contribution in [0.2, 0.25) is 0 Å². The molecule has 1 heterocycles. The molecule has 0 aliphatic carbocycles. The third-order valence-electron chi connectivity index (χ3n) is 1.84. The molecule has 6 nitrogen and oxygen atoms in total. The summed E-state index contributed by atoms with van der Waals surface area (Å²) in [5.41, 5.74) is 0. The Hall–Kier alpha value is -0.950. The highest BCUT2D eigenvalue weighted by Crippen LogP contribution is 1.97. The van der Waals surface area contributed by atoms with Crippen molar-refractivity contribution in [3.05, 3.63) is 0 Å². The van der Waals surface area contributed by atoms with Crippen LogP contribution in [-0.2, 0) is 19.4 Å². The second-order valence-corrected chi connectivity index (χ2v) is 5.43. The third kappa shape index (κ3) is 3.08. The largest absolute Gasteiger partial charge is 0.300 e. The topological polar surface area (TPSA) is 83.6 Å². The van der Waals surface area contributed by atoms with Crippen molar-refractivity contribution in [1.82, 2.24) is 10.2 Å². The van der Waals surface area contributed by atoms with Crippen molar-refractivity contribution in [1.29, 1.82) is 0 Å². The number of imide groups is 1. The summed E-state index contributed by atoms with van der Waals surface area (Å²) in [5, 5.41) is 2.62. The summed E-state index contributed by atoms with van der Waals surface area (Å²) in [6.45, 7) is 0.142. The van der Waals surface area contributed by atoms with E-state index in [9.17, 15) is 18.0 Å². The van der Waals surface area contributed by atoms with Gasteiger partial charge in [0.05, 0.1) is 18.8 Å². The van der Waals surface area contributed by atoms with Crippen LogP contribution in [-0.4, -0.2) is 56.8 Å². The van der Waals surface area contributed by atoms with Crippen LogP contribution in [0, 0.1) is 0 Å². The molecule has 0 saturated carbocycles. The number of carbonyl (C=O) groups excluding carboxylic acids is 2. The highest BCUT2D eigenvalue weighted by Gasteiger charge is 2.25. The second-order valence-electron chi connectivity index (χ2n) is 3.17. The third-order valence-corrected chi connectivity index (χ3v) is 2.76. The van der Waals surface area contributed by atoms with Gasteiger partial charge < -0.3 is 0 Å². The monoisotopic (exact) mass is 220 g/mol. The second kappa shape index (κ2) is 4.05. The number of hydrogen-bond donors (Lipinski definition) is 1. The molecule has 0 spiro atoms. The van der Waals surface area contributed by atoms with Crippen molar-refractivity contribution in [3.63, 3.8) is 0 Å². The summed E-state index contributed by atoms with van der Waals surface area (Å²) in [4.78, 5) is 23.3. The molecule has 7 heteroatoms. The standard InChI is InChI=1S/C7H12N2O4S/c1-14(12,13)3-2-9-6(10)4-8-5-7(9)11/h8H,2-5H2,1H3. The zero-order chi connectivity index (χ0) is 10.8. The first-order valence-corrected chi connectivity index (χ1v) is 6.18. The highest BCUT2D eigenvalue weighted by atomic mass is 32.2. The Morgan fingerprint density at radius 3 is 2.21 bits per heavy atom. The SMILES string of the molecule is CS(=O)(=O)CCN1C(=O)CNCC1=O. The molecule has 0 atom stereocenters. The van der Waals surface area contributed by atoms with Crippen molar-refractivity contribution < 1.29 is 18.0 Å². The van der Waals surface area contributed by atoms with Gasteiger partial charge in [-0.2, -0.15) is 0 Å². The van der Waals surface area contributed by atoms with Crippen LogP contribution in [0.15, 0.2) is 0 Å². The molecule has 1 N–H and O–H groups in total. The maximum absolute atomic E-state index is 11.2. The van der Waals surface area contributed by atoms with Crippen molar-refractivity contribution in [2.24, 2.45) is 0 Å². The number of hydrogen-bond acceptors (Lipinski definition) is 5. The lowest BCUT2D eigenvalue weighted by atomic mass is 10.3. The summed E-state index contributed by atoms with van der Waals surface area (Å²) in [6.07, 6.45) is 1.07. The Bertz CT molecular complexity index is 333. The molecule has 1 aliphatic heterocycles. The van der Waals surface area contributed by atoms with E-state index in [-0.39, 0.29) is 37.2 Å². The smallest absolute Gasteiger partial charge is 0.243 e. The number of carbonyl (C=O) groups is 2. The molecule has 80 valence electrons. The van der Waals surface area contributed by atoms with E-state index in [2.05, 4.69) is 5.32 Å². The predicted molar refractivity (Wildman–Crippen MR) is 49.3 cm³/mol. The normalized spacial score (nSPS) is 18.8. The summed E-state index contributed by atoms with van der Waals surface area (Å²) < 4.78 is 21.6. The molecular formula is C7H12N2O4S. The molecule has 0 aromatic heterocycles. The number of sulfone groups is 1. The molecule has 1 fully saturated rings. The van der Waals surface area contributed by atoms with Gasteiger partial charge in [-0.15, -0.1) is 0 Å². The van der Waals surface area contributed by atoms with Crippen LogP contribution in [0.25, 0.3) is 0 Å². The number of nitrogens with zero attached hydrogens (tertiary/aromatic N) is 1. The van der Waals surface area contributed by atoms with Crippen LogP contribution in [0.1, 0.15) is 0 Å². The van der Waals surface area contributed by atoms with E-state index >= 15 is 0 Å². The maximum Gasteiger partial charge on any atom is 0.243 e. The Morgan fingerprint density at radius 2 is 1.79 bits per heavy atom. The van der Waals surface area contributed by atoms with Crippen LogP contribution in [0.5, 0.6) is 0 Å². The number of amides is 2. The molecule has 2 amide bonds. The van der Waals surface area contributed by atoms with Gasteiger partial charge >= 0.3 is 0 Å². The fourth-order valence-corrected chi connectivity index (χ4v) is 1.63. The first-order chi connectivity index (χ1) is 6.40. The fourth-order valence-electron chi connectivity index (χ4n) is 1.11. The summed E-state index contributed by atoms with van der Waals surface area (Å²) in [6, 6.07) is 0. The fraction of sp³-hybridized carbons (Fsp3) is 0.714. The van der Waals surface area contributed by atoms with E-state index in [1.54, 1.807) is 0 Å². The van der Waals surface area contributed by atoms with Crippen LogP contribution in [0.4, 0.5) is 0 Å². The molecule has 0 aromatic rings. The average molecular weight is 220 g/mol. The summed E-state index contributed by atoms with van der Waals surface area (Å²) >= 11 is 0. The van der Waals surface area contributed by atoms with Crippen LogP contribution < -0.4 is 5.32 Å². The Morgan fingerprint density at radius 1 is 1.29 bits per heavy atom. The molecule has 1 saturated heterocycles. The van der Waals surface area contributed by atoms with Gasteiger partial charge in [0, 0.05) is 12.8 Å². The minimum absolute atomic E-state index is 0.0435. The van der Waals surface area contributed by atoms with Crippen LogP contribution >= 0.6 is 0 Å². The first kappa shape index (κ1) is 11.1. The summed E-state index contributed by atoms with van der Waals surface area (Å²) in [5.74, 6) is -0.917. The molecule has 1 aliphatic rings. The van der Waals surface area contributed by atoms with E-state index < -0.39 is 9.84 Å². The molecule has 14 heavy (non-hydrogen) atoms. The molecule has 0 unspecified atom stereocenters. The van der Waals surface area contributed by atoms with E-state index in [1.165, 1.54) is 0 Å². The van der Waals surface area contributed by atoms with Crippen molar-refractivity contribution in [3.8, 4) is 0 Å². The quantitative estimate of drug-likeness (QED) is 0.556. The predicted octanol–water partition coefficient (Wildman–Crippen LogP) is -2.01. The maximum atomic E-state index is 11.2. The zero-order valence-corrected chi connectivity index (χ0v) is 8.63. The molecule has 0 radical (unpaired) electrons. The molecular weight excluding hydrogens is 208 g/mol. The number of piperazine rings is 1. The average Bonchev–Trinajstić information content (AvgIpc) is 2.01. The Labute approximate surface area is 82.2 Å². The zero-order valence-electron chi connectivity index (χ0n) is 7.82. The lowest BCUT2D eigenvalue weighted by Crippen LogP contribution is -2.53. The van der Waals surface area contributed by atoms with Crippen LogP contribution in [0.3, 0.4) is 0 Å². The van der Waals surface area contributed by atoms with Gasteiger partial charge in [-0.05, 0) is 0 Å².